The van der Waals surface area contributed by atoms with Crippen LogP contribution in [0, 0.1) is 0 Å². The topological polar surface area (TPSA) is 63.6 Å². The normalized spacial score (nSPS) is 15.4. The first kappa shape index (κ1) is 18.9. The second kappa shape index (κ2) is 8.67. The number of hydrogen-bond donors (Lipinski definition) is 1. The second-order valence-corrected chi connectivity index (χ2v) is 6.93. The molecule has 1 fully saturated rings. The van der Waals surface area contributed by atoms with Crippen LogP contribution in [-0.4, -0.2) is 24.2 Å². The van der Waals surface area contributed by atoms with E-state index in [0.717, 1.165) is 5.56 Å². The van der Waals surface area contributed by atoms with E-state index in [0.29, 0.717) is 17.0 Å². The Morgan fingerprint density at radius 3 is 2.07 bits per heavy atom. The molecule has 0 amide bonds. The number of benzene rings is 2. The van der Waals surface area contributed by atoms with Gasteiger partial charge in [-0.3, -0.25) is 0 Å². The third-order valence-corrected chi connectivity index (χ3v) is 5.17. The third kappa shape index (κ3) is 4.64. The van der Waals surface area contributed by atoms with Gasteiger partial charge in [-0.2, -0.15) is 0 Å². The molecule has 140 valence electrons. The molecule has 1 aliphatic rings. The van der Waals surface area contributed by atoms with Crippen LogP contribution in [0.4, 0.5) is 0 Å². The fourth-order valence-electron chi connectivity index (χ4n) is 3.64. The molecule has 0 unspecified atom stereocenters. The van der Waals surface area contributed by atoms with Crippen LogP contribution in [0.2, 0.25) is 0 Å². The van der Waals surface area contributed by atoms with Crippen LogP contribution in [0.5, 0.6) is 0 Å². The van der Waals surface area contributed by atoms with Gasteiger partial charge in [-0.05, 0) is 53.7 Å². The maximum absolute atomic E-state index is 11.8. The van der Waals surface area contributed by atoms with Gasteiger partial charge in [0, 0.05) is 0 Å². The number of hydrogen-bond acceptors (Lipinski definition) is 3. The molecule has 0 radical (unpaired) electrons. The zero-order valence-corrected chi connectivity index (χ0v) is 15.5. The van der Waals surface area contributed by atoms with Crippen molar-refractivity contribution in [3.8, 4) is 0 Å². The second-order valence-electron chi connectivity index (χ2n) is 6.93. The molecular formula is C23H24O4. The Morgan fingerprint density at radius 2 is 1.52 bits per heavy atom. The molecule has 0 bridgehead atoms. The molecule has 2 aromatic carbocycles. The van der Waals surface area contributed by atoms with Crippen molar-refractivity contribution in [2.75, 3.05) is 7.11 Å². The van der Waals surface area contributed by atoms with Gasteiger partial charge in [0.1, 0.15) is 0 Å². The van der Waals surface area contributed by atoms with E-state index in [1.165, 1.54) is 44.8 Å². The average Bonchev–Trinajstić information content (AvgIpc) is 2.72. The fraction of sp³-hybridized carbons (Fsp3) is 0.304. The van der Waals surface area contributed by atoms with Crippen molar-refractivity contribution in [1.29, 1.82) is 0 Å². The summed E-state index contributed by atoms with van der Waals surface area (Å²) in [5.41, 5.74) is 3.36. The number of carboxylic acids is 1. The Hall–Kier alpha value is -2.88. The van der Waals surface area contributed by atoms with Gasteiger partial charge >= 0.3 is 11.9 Å². The Balaban J connectivity index is 1.83. The highest BCUT2D eigenvalue weighted by molar-refractivity contribution is 6.20. The van der Waals surface area contributed by atoms with Crippen LogP contribution in [-0.2, 0) is 9.53 Å². The van der Waals surface area contributed by atoms with E-state index in [-0.39, 0.29) is 5.57 Å². The number of rotatable bonds is 5. The van der Waals surface area contributed by atoms with E-state index in [1.807, 2.05) is 12.1 Å². The van der Waals surface area contributed by atoms with Crippen LogP contribution >= 0.6 is 0 Å². The Kier molecular flexibility index (Phi) is 6.07. The molecule has 0 aliphatic heterocycles. The number of carboxylic acid groups (broad SMARTS) is 1. The summed E-state index contributed by atoms with van der Waals surface area (Å²) >= 11 is 0. The van der Waals surface area contributed by atoms with E-state index in [9.17, 15) is 14.7 Å². The highest BCUT2D eigenvalue weighted by Gasteiger charge is 2.16. The van der Waals surface area contributed by atoms with E-state index in [1.54, 1.807) is 30.3 Å². The van der Waals surface area contributed by atoms with Crippen molar-refractivity contribution >= 4 is 23.6 Å². The molecule has 27 heavy (non-hydrogen) atoms. The first-order chi connectivity index (χ1) is 13.1. The van der Waals surface area contributed by atoms with Crippen LogP contribution in [0.25, 0.3) is 11.6 Å². The van der Waals surface area contributed by atoms with Gasteiger partial charge in [0.15, 0.2) is 0 Å². The number of ether oxygens (including phenoxy) is 1. The van der Waals surface area contributed by atoms with Crippen molar-refractivity contribution in [3.63, 3.8) is 0 Å². The summed E-state index contributed by atoms with van der Waals surface area (Å²) in [6.07, 6.45) is 7.91. The predicted octanol–water partition coefficient (Wildman–Crippen LogP) is 5.15. The number of carbonyl (C=O) groups is 2. The maximum atomic E-state index is 11.8. The summed E-state index contributed by atoms with van der Waals surface area (Å²) < 4.78 is 4.68. The van der Waals surface area contributed by atoms with Crippen molar-refractivity contribution < 1.29 is 19.4 Å². The summed E-state index contributed by atoms with van der Waals surface area (Å²) in [4.78, 5) is 23.3. The number of carbonyl (C=O) groups excluding carboxylic acids is 1. The standard InChI is InChI=1S/C23H24O4/c1-27-23(26)20-9-7-16(8-10-20)15-21(22(24)25)19-13-11-18(12-14-19)17-5-3-2-4-6-17/h7-15,17H,2-6H2,1H3,(H,24,25)/b21-15-. The van der Waals surface area contributed by atoms with E-state index in [2.05, 4.69) is 16.9 Å². The predicted molar refractivity (Wildman–Crippen MR) is 106 cm³/mol. The van der Waals surface area contributed by atoms with Crippen molar-refractivity contribution in [1.82, 2.24) is 0 Å². The number of esters is 1. The highest BCUT2D eigenvalue weighted by Crippen LogP contribution is 2.33. The first-order valence-electron chi connectivity index (χ1n) is 9.32. The van der Waals surface area contributed by atoms with Gasteiger partial charge < -0.3 is 9.84 Å². The molecule has 0 atom stereocenters. The zero-order valence-electron chi connectivity index (χ0n) is 15.5. The molecule has 4 heteroatoms. The van der Waals surface area contributed by atoms with Crippen LogP contribution < -0.4 is 0 Å². The molecule has 1 saturated carbocycles. The fourth-order valence-corrected chi connectivity index (χ4v) is 3.64. The third-order valence-electron chi connectivity index (χ3n) is 5.17. The monoisotopic (exact) mass is 364 g/mol. The average molecular weight is 364 g/mol. The van der Waals surface area contributed by atoms with Crippen LogP contribution in [0.1, 0.15) is 65.1 Å². The summed E-state index contributed by atoms with van der Waals surface area (Å²) in [5.74, 6) is -0.796. The van der Waals surface area contributed by atoms with Gasteiger partial charge in [0.05, 0.1) is 18.2 Å². The minimum absolute atomic E-state index is 0.232. The summed E-state index contributed by atoms with van der Waals surface area (Å²) in [5, 5.41) is 9.64. The molecule has 0 aromatic heterocycles. The molecule has 0 spiro atoms. The van der Waals surface area contributed by atoms with Crippen molar-refractivity contribution in [2.24, 2.45) is 0 Å². The van der Waals surface area contributed by atoms with E-state index in [4.69, 9.17) is 0 Å². The van der Waals surface area contributed by atoms with Crippen LogP contribution in [0.15, 0.2) is 48.5 Å². The highest BCUT2D eigenvalue weighted by atomic mass is 16.5. The van der Waals surface area contributed by atoms with E-state index < -0.39 is 11.9 Å². The van der Waals surface area contributed by atoms with Gasteiger partial charge in [0.2, 0.25) is 0 Å². The van der Waals surface area contributed by atoms with Crippen molar-refractivity contribution in [3.05, 3.63) is 70.8 Å². The largest absolute Gasteiger partial charge is 0.478 e. The summed E-state index contributed by atoms with van der Waals surface area (Å²) in [6, 6.07) is 14.6. The molecule has 1 aliphatic carbocycles. The lowest BCUT2D eigenvalue weighted by Crippen LogP contribution is -2.05. The smallest absolute Gasteiger partial charge is 0.337 e. The minimum atomic E-state index is -0.975. The lowest BCUT2D eigenvalue weighted by molar-refractivity contribution is -0.130. The van der Waals surface area contributed by atoms with E-state index >= 15 is 0 Å². The lowest BCUT2D eigenvalue weighted by Gasteiger charge is -2.22. The van der Waals surface area contributed by atoms with Gasteiger partial charge in [-0.25, -0.2) is 9.59 Å². The quantitative estimate of drug-likeness (QED) is 0.453. The molecular weight excluding hydrogens is 340 g/mol. The van der Waals surface area contributed by atoms with Gasteiger partial charge in [0.25, 0.3) is 0 Å². The number of methoxy groups -OCH3 is 1. The zero-order chi connectivity index (χ0) is 19.2. The lowest BCUT2D eigenvalue weighted by atomic mass is 9.83. The SMILES string of the molecule is COC(=O)c1ccc(/C=C(\C(=O)O)c2ccc(C3CCCCC3)cc2)cc1. The first-order valence-corrected chi connectivity index (χ1v) is 9.32. The number of aliphatic carboxylic acids is 1. The summed E-state index contributed by atoms with van der Waals surface area (Å²) in [6.45, 7) is 0. The molecule has 3 rings (SSSR count). The Bertz CT molecular complexity index is 826. The molecule has 1 N–H and O–H groups in total. The van der Waals surface area contributed by atoms with Gasteiger partial charge in [-0.1, -0.05) is 55.7 Å². The molecule has 0 saturated heterocycles. The molecule has 2 aromatic rings. The van der Waals surface area contributed by atoms with Gasteiger partial charge in [-0.15, -0.1) is 0 Å². The molecule has 0 heterocycles. The Morgan fingerprint density at radius 1 is 0.926 bits per heavy atom. The summed E-state index contributed by atoms with van der Waals surface area (Å²) in [7, 11) is 1.33. The minimum Gasteiger partial charge on any atom is -0.478 e. The maximum Gasteiger partial charge on any atom is 0.337 e. The van der Waals surface area contributed by atoms with Crippen LogP contribution in [0.3, 0.4) is 0 Å². The Labute approximate surface area is 159 Å². The van der Waals surface area contributed by atoms with Crippen molar-refractivity contribution in [2.45, 2.75) is 38.0 Å². The molecule has 4 nitrogen and oxygen atoms in total.